The van der Waals surface area contributed by atoms with Gasteiger partial charge in [0, 0.05) is 18.7 Å². The van der Waals surface area contributed by atoms with Crippen LogP contribution in [0.2, 0.25) is 0 Å². The zero-order valence-corrected chi connectivity index (χ0v) is 8.27. The van der Waals surface area contributed by atoms with Gasteiger partial charge in [0.1, 0.15) is 12.7 Å². The molecule has 5 heteroatoms. The van der Waals surface area contributed by atoms with Crippen LogP contribution in [0.4, 0.5) is 0 Å². The molecule has 0 bridgehead atoms. The quantitative estimate of drug-likeness (QED) is 0.725. The lowest BCUT2D eigenvalue weighted by Gasteiger charge is -2.05. The molecular formula is C10H11NO4. The molecule has 1 atom stereocenters. The highest BCUT2D eigenvalue weighted by molar-refractivity contribution is 5.84. The molecule has 0 unspecified atom stereocenters. The molecule has 1 aliphatic rings. The van der Waals surface area contributed by atoms with Gasteiger partial charge in [-0.25, -0.2) is 0 Å². The number of carbonyl (C=O) groups excluding carboxylic acids is 2. The molecule has 15 heavy (non-hydrogen) atoms. The Balaban J connectivity index is 2.24. The Hall–Kier alpha value is -1.62. The Bertz CT molecular complexity index is 421. The normalized spacial score (nSPS) is 19.1. The SMILES string of the molecule is CC(=O)OCc1ccn2c1[C@@H](O)CC2=O. The molecule has 0 saturated heterocycles. The first kappa shape index (κ1) is 9.92. The fourth-order valence-electron chi connectivity index (χ4n) is 1.74. The molecule has 1 aliphatic heterocycles. The highest BCUT2D eigenvalue weighted by Crippen LogP contribution is 2.29. The Kier molecular flexibility index (Phi) is 2.32. The zero-order valence-electron chi connectivity index (χ0n) is 8.27. The van der Waals surface area contributed by atoms with Gasteiger partial charge in [-0.1, -0.05) is 0 Å². The number of aromatic nitrogens is 1. The van der Waals surface area contributed by atoms with Gasteiger partial charge in [-0.15, -0.1) is 0 Å². The number of nitrogens with zero attached hydrogens (tertiary/aromatic N) is 1. The third kappa shape index (κ3) is 1.66. The summed E-state index contributed by atoms with van der Waals surface area (Å²) in [5.41, 5.74) is 1.23. The van der Waals surface area contributed by atoms with Crippen molar-refractivity contribution in [3.05, 3.63) is 23.5 Å². The van der Waals surface area contributed by atoms with Crippen LogP contribution in [0.15, 0.2) is 12.3 Å². The highest BCUT2D eigenvalue weighted by atomic mass is 16.5. The summed E-state index contributed by atoms with van der Waals surface area (Å²) in [6.45, 7) is 1.42. The van der Waals surface area contributed by atoms with Crippen molar-refractivity contribution in [2.45, 2.75) is 26.1 Å². The summed E-state index contributed by atoms with van der Waals surface area (Å²) in [6.07, 6.45) is 0.911. The van der Waals surface area contributed by atoms with Gasteiger partial charge in [-0.2, -0.15) is 0 Å². The van der Waals surface area contributed by atoms with Crippen molar-refractivity contribution < 1.29 is 19.4 Å². The second-order valence-electron chi connectivity index (χ2n) is 3.49. The van der Waals surface area contributed by atoms with E-state index in [0.29, 0.717) is 11.3 Å². The third-order valence-electron chi connectivity index (χ3n) is 2.40. The van der Waals surface area contributed by atoms with Gasteiger partial charge in [0.05, 0.1) is 12.1 Å². The van der Waals surface area contributed by atoms with Crippen LogP contribution in [0.3, 0.4) is 0 Å². The van der Waals surface area contributed by atoms with Gasteiger partial charge in [0.15, 0.2) is 0 Å². The minimum atomic E-state index is -0.780. The summed E-state index contributed by atoms with van der Waals surface area (Å²) < 4.78 is 6.23. The van der Waals surface area contributed by atoms with E-state index in [4.69, 9.17) is 4.74 Å². The zero-order chi connectivity index (χ0) is 11.0. The van der Waals surface area contributed by atoms with E-state index in [-0.39, 0.29) is 24.9 Å². The van der Waals surface area contributed by atoms with Crippen molar-refractivity contribution in [1.82, 2.24) is 4.57 Å². The van der Waals surface area contributed by atoms with E-state index >= 15 is 0 Å². The number of carbonyl (C=O) groups is 2. The Labute approximate surface area is 86.3 Å². The van der Waals surface area contributed by atoms with Crippen molar-refractivity contribution in [2.24, 2.45) is 0 Å². The summed E-state index contributed by atoms with van der Waals surface area (Å²) in [5.74, 6) is -0.514. The molecule has 80 valence electrons. The molecule has 0 radical (unpaired) electrons. The van der Waals surface area contributed by atoms with Crippen LogP contribution in [0, 0.1) is 0 Å². The van der Waals surface area contributed by atoms with Crippen molar-refractivity contribution in [1.29, 1.82) is 0 Å². The predicted molar refractivity (Wildman–Crippen MR) is 50.1 cm³/mol. The first-order chi connectivity index (χ1) is 7.09. The largest absolute Gasteiger partial charge is 0.461 e. The molecule has 0 spiro atoms. The van der Waals surface area contributed by atoms with Crippen LogP contribution in [0.25, 0.3) is 0 Å². The lowest BCUT2D eigenvalue weighted by Crippen LogP contribution is -2.03. The standard InChI is InChI=1S/C10H11NO4/c1-6(12)15-5-7-2-3-11-9(14)4-8(13)10(7)11/h2-3,8,13H,4-5H2,1H3/t8-/m0/s1. The number of rotatable bonds is 2. The van der Waals surface area contributed by atoms with E-state index in [0.717, 1.165) is 0 Å². The van der Waals surface area contributed by atoms with Crippen molar-refractivity contribution in [3.63, 3.8) is 0 Å². The maximum Gasteiger partial charge on any atom is 0.302 e. The van der Waals surface area contributed by atoms with E-state index in [9.17, 15) is 14.7 Å². The molecule has 1 N–H and O–H groups in total. The maximum absolute atomic E-state index is 11.3. The monoisotopic (exact) mass is 209 g/mol. The van der Waals surface area contributed by atoms with Crippen LogP contribution >= 0.6 is 0 Å². The molecule has 0 fully saturated rings. The molecule has 0 aromatic carbocycles. The number of ether oxygens (including phenoxy) is 1. The van der Waals surface area contributed by atoms with Crippen LogP contribution in [-0.2, 0) is 16.1 Å². The van der Waals surface area contributed by atoms with E-state index < -0.39 is 6.10 Å². The lowest BCUT2D eigenvalue weighted by molar-refractivity contribution is -0.142. The van der Waals surface area contributed by atoms with E-state index in [2.05, 4.69) is 0 Å². The molecule has 1 aromatic heterocycles. The van der Waals surface area contributed by atoms with Gasteiger partial charge < -0.3 is 9.84 Å². The molecule has 2 rings (SSSR count). The molecular weight excluding hydrogens is 198 g/mol. The average molecular weight is 209 g/mol. The summed E-state index contributed by atoms with van der Waals surface area (Å²) in [5, 5.41) is 9.60. The topological polar surface area (TPSA) is 68.5 Å². The van der Waals surface area contributed by atoms with E-state index in [1.54, 1.807) is 12.3 Å². The molecule has 2 heterocycles. The molecule has 1 aromatic rings. The fourth-order valence-corrected chi connectivity index (χ4v) is 1.74. The number of aliphatic hydroxyl groups is 1. The van der Waals surface area contributed by atoms with Crippen LogP contribution in [0.1, 0.15) is 35.5 Å². The Morgan fingerprint density at radius 1 is 1.73 bits per heavy atom. The number of esters is 1. The van der Waals surface area contributed by atoms with E-state index in [1.807, 2.05) is 0 Å². The second kappa shape index (κ2) is 3.51. The number of fused-ring (bicyclic) bond motifs is 1. The number of aliphatic hydroxyl groups excluding tert-OH is 1. The van der Waals surface area contributed by atoms with Crippen LogP contribution in [-0.4, -0.2) is 21.6 Å². The van der Waals surface area contributed by atoms with Gasteiger partial charge in [-0.3, -0.25) is 14.2 Å². The molecule has 0 aliphatic carbocycles. The number of hydrogen-bond donors (Lipinski definition) is 1. The Morgan fingerprint density at radius 3 is 3.13 bits per heavy atom. The highest BCUT2D eigenvalue weighted by Gasteiger charge is 2.30. The van der Waals surface area contributed by atoms with E-state index in [1.165, 1.54) is 11.5 Å². The summed E-state index contributed by atoms with van der Waals surface area (Å²) in [7, 11) is 0. The van der Waals surface area contributed by atoms with Crippen LogP contribution in [0.5, 0.6) is 0 Å². The molecule has 0 saturated carbocycles. The average Bonchev–Trinajstić information content (AvgIpc) is 2.67. The number of hydrogen-bond acceptors (Lipinski definition) is 4. The minimum Gasteiger partial charge on any atom is -0.461 e. The van der Waals surface area contributed by atoms with Crippen molar-refractivity contribution in [3.8, 4) is 0 Å². The summed E-state index contributed by atoms with van der Waals surface area (Å²) in [6, 6.07) is 1.68. The molecule has 5 nitrogen and oxygen atoms in total. The third-order valence-corrected chi connectivity index (χ3v) is 2.40. The predicted octanol–water partition coefficient (Wildman–Crippen LogP) is 0.629. The van der Waals surface area contributed by atoms with Crippen LogP contribution < -0.4 is 0 Å². The summed E-state index contributed by atoms with van der Waals surface area (Å²) in [4.78, 5) is 21.9. The van der Waals surface area contributed by atoms with Gasteiger partial charge in [0.25, 0.3) is 0 Å². The van der Waals surface area contributed by atoms with Crippen molar-refractivity contribution >= 4 is 11.9 Å². The van der Waals surface area contributed by atoms with Gasteiger partial charge in [0.2, 0.25) is 5.91 Å². The fraction of sp³-hybridized carbons (Fsp3) is 0.400. The Morgan fingerprint density at radius 2 is 2.47 bits per heavy atom. The smallest absolute Gasteiger partial charge is 0.302 e. The first-order valence-electron chi connectivity index (χ1n) is 4.64. The first-order valence-corrected chi connectivity index (χ1v) is 4.64. The lowest BCUT2D eigenvalue weighted by atomic mass is 10.1. The summed E-state index contributed by atoms with van der Waals surface area (Å²) >= 11 is 0. The van der Waals surface area contributed by atoms with Crippen molar-refractivity contribution in [2.75, 3.05) is 0 Å². The maximum atomic E-state index is 11.3. The second-order valence-corrected chi connectivity index (χ2v) is 3.49. The van der Waals surface area contributed by atoms with Gasteiger partial charge >= 0.3 is 5.97 Å². The van der Waals surface area contributed by atoms with Gasteiger partial charge in [-0.05, 0) is 6.07 Å². The molecule has 0 amide bonds. The minimum absolute atomic E-state index is 0.0992.